The highest BCUT2D eigenvalue weighted by Crippen LogP contribution is 2.27. The van der Waals surface area contributed by atoms with Gasteiger partial charge in [0.2, 0.25) is 0 Å². The van der Waals surface area contributed by atoms with E-state index in [1.165, 1.54) is 38.8 Å². The Morgan fingerprint density at radius 2 is 1.94 bits per heavy atom. The third kappa shape index (κ3) is 6.26. The first-order valence-electron chi connectivity index (χ1n) is 6.83. The third-order valence-corrected chi connectivity index (χ3v) is 3.28. The fraction of sp³-hybridized carbons (Fsp3) is 0.929. The molecule has 16 heavy (non-hydrogen) atoms. The first-order valence-corrected chi connectivity index (χ1v) is 6.83. The molecule has 2 nitrogen and oxygen atoms in total. The summed E-state index contributed by atoms with van der Waals surface area (Å²) in [7, 11) is 0. The number of hydrogen-bond acceptors (Lipinski definition) is 2. The second kappa shape index (κ2) is 7.05. The number of rotatable bonds is 9. The molecule has 0 atom stereocenters. The lowest BCUT2D eigenvalue weighted by molar-refractivity contribution is -0.117. The van der Waals surface area contributed by atoms with Crippen LogP contribution in [0.15, 0.2) is 0 Å². The van der Waals surface area contributed by atoms with E-state index in [0.29, 0.717) is 5.78 Å². The predicted octanol–water partition coefficient (Wildman–Crippen LogP) is 3.26. The third-order valence-electron chi connectivity index (χ3n) is 3.28. The van der Waals surface area contributed by atoms with Gasteiger partial charge in [0.1, 0.15) is 5.78 Å². The second-order valence-electron chi connectivity index (χ2n) is 5.61. The van der Waals surface area contributed by atoms with Crippen molar-refractivity contribution in [1.29, 1.82) is 0 Å². The average molecular weight is 225 g/mol. The van der Waals surface area contributed by atoms with Gasteiger partial charge in [0, 0.05) is 12.5 Å². The van der Waals surface area contributed by atoms with E-state index in [0.717, 1.165) is 24.8 Å². The van der Waals surface area contributed by atoms with Crippen LogP contribution in [0.4, 0.5) is 0 Å². The average Bonchev–Trinajstić information content (AvgIpc) is 2.99. The molecular formula is C14H27NO. The molecule has 0 bridgehead atoms. The molecule has 94 valence electrons. The van der Waals surface area contributed by atoms with Crippen LogP contribution in [0.1, 0.15) is 59.3 Å². The quantitative estimate of drug-likeness (QED) is 0.561. The number of ketones is 1. The van der Waals surface area contributed by atoms with Gasteiger partial charge in [-0.1, -0.05) is 13.8 Å². The molecule has 0 aromatic carbocycles. The van der Waals surface area contributed by atoms with E-state index in [-0.39, 0.29) is 0 Å². The van der Waals surface area contributed by atoms with Gasteiger partial charge in [-0.15, -0.1) is 0 Å². The van der Waals surface area contributed by atoms with Crippen LogP contribution < -0.4 is 0 Å². The molecule has 2 heteroatoms. The number of hydrogen-bond donors (Lipinski definition) is 0. The zero-order chi connectivity index (χ0) is 12.0. The summed E-state index contributed by atoms with van der Waals surface area (Å²) in [4.78, 5) is 13.5. The van der Waals surface area contributed by atoms with Crippen LogP contribution in [0.2, 0.25) is 0 Å². The lowest BCUT2D eigenvalue weighted by Gasteiger charge is -2.22. The van der Waals surface area contributed by atoms with Crippen LogP contribution >= 0.6 is 0 Å². The Morgan fingerprint density at radius 1 is 1.25 bits per heavy atom. The van der Waals surface area contributed by atoms with E-state index in [4.69, 9.17) is 0 Å². The van der Waals surface area contributed by atoms with E-state index >= 15 is 0 Å². The van der Waals surface area contributed by atoms with E-state index in [1.54, 1.807) is 6.92 Å². The van der Waals surface area contributed by atoms with Crippen molar-refractivity contribution >= 4 is 5.78 Å². The molecule has 0 aromatic heterocycles. The highest BCUT2D eigenvalue weighted by Gasteiger charge is 2.28. The normalized spacial score (nSPS) is 16.1. The Morgan fingerprint density at radius 3 is 2.44 bits per heavy atom. The maximum atomic E-state index is 10.8. The van der Waals surface area contributed by atoms with Crippen molar-refractivity contribution in [2.45, 2.75) is 65.3 Å². The summed E-state index contributed by atoms with van der Waals surface area (Å²) in [6.07, 6.45) is 7.12. The van der Waals surface area contributed by atoms with Gasteiger partial charge in [-0.3, -0.25) is 0 Å². The highest BCUT2D eigenvalue weighted by atomic mass is 16.1. The van der Waals surface area contributed by atoms with Gasteiger partial charge in [0.25, 0.3) is 0 Å². The van der Waals surface area contributed by atoms with Crippen molar-refractivity contribution in [1.82, 2.24) is 4.90 Å². The number of unbranched alkanes of at least 4 members (excludes halogenated alkanes) is 1. The fourth-order valence-corrected chi connectivity index (χ4v) is 2.03. The molecule has 1 fully saturated rings. The molecule has 0 aromatic rings. The summed E-state index contributed by atoms with van der Waals surface area (Å²) < 4.78 is 0. The number of carbonyl (C=O) groups excluding carboxylic acids is 1. The van der Waals surface area contributed by atoms with Crippen molar-refractivity contribution in [3.63, 3.8) is 0 Å². The van der Waals surface area contributed by atoms with Crippen LogP contribution in [-0.4, -0.2) is 29.8 Å². The molecular weight excluding hydrogens is 198 g/mol. The maximum absolute atomic E-state index is 10.8. The molecule has 0 saturated heterocycles. The van der Waals surface area contributed by atoms with Crippen molar-refractivity contribution in [2.75, 3.05) is 13.1 Å². The number of carbonyl (C=O) groups is 1. The minimum atomic E-state index is 0.333. The van der Waals surface area contributed by atoms with Gasteiger partial charge >= 0.3 is 0 Å². The SMILES string of the molecule is CC(=O)CCCCN(CCC(C)C)C1CC1. The number of nitrogens with zero attached hydrogens (tertiary/aromatic N) is 1. The summed E-state index contributed by atoms with van der Waals surface area (Å²) >= 11 is 0. The molecule has 0 radical (unpaired) electrons. The minimum absolute atomic E-state index is 0.333. The summed E-state index contributed by atoms with van der Waals surface area (Å²) in [5.41, 5.74) is 0. The summed E-state index contributed by atoms with van der Waals surface area (Å²) in [6, 6.07) is 0.871. The van der Waals surface area contributed by atoms with E-state index < -0.39 is 0 Å². The topological polar surface area (TPSA) is 20.3 Å². The molecule has 0 unspecified atom stereocenters. The maximum Gasteiger partial charge on any atom is 0.129 e. The van der Waals surface area contributed by atoms with Gasteiger partial charge in [-0.25, -0.2) is 0 Å². The summed E-state index contributed by atoms with van der Waals surface area (Å²) in [5.74, 6) is 1.14. The molecule has 1 aliphatic rings. The summed E-state index contributed by atoms with van der Waals surface area (Å²) in [5, 5.41) is 0. The van der Waals surface area contributed by atoms with E-state index in [1.807, 2.05) is 0 Å². The van der Waals surface area contributed by atoms with E-state index in [9.17, 15) is 4.79 Å². The lowest BCUT2D eigenvalue weighted by Crippen LogP contribution is -2.29. The van der Waals surface area contributed by atoms with Crippen molar-refractivity contribution < 1.29 is 4.79 Å². The van der Waals surface area contributed by atoms with Crippen LogP contribution in [0.5, 0.6) is 0 Å². The van der Waals surface area contributed by atoms with Crippen molar-refractivity contribution in [3.05, 3.63) is 0 Å². The van der Waals surface area contributed by atoms with Crippen molar-refractivity contribution in [2.24, 2.45) is 5.92 Å². The van der Waals surface area contributed by atoms with Gasteiger partial charge in [-0.05, 0) is 58.0 Å². The van der Waals surface area contributed by atoms with Crippen LogP contribution in [0.25, 0.3) is 0 Å². The van der Waals surface area contributed by atoms with Gasteiger partial charge in [-0.2, -0.15) is 0 Å². The Bertz CT molecular complexity index is 209. The first-order chi connectivity index (χ1) is 7.59. The summed E-state index contributed by atoms with van der Waals surface area (Å²) in [6.45, 7) is 8.73. The molecule has 0 amide bonds. The second-order valence-corrected chi connectivity index (χ2v) is 5.61. The molecule has 0 aliphatic heterocycles. The lowest BCUT2D eigenvalue weighted by atomic mass is 10.1. The predicted molar refractivity (Wildman–Crippen MR) is 68.6 cm³/mol. The molecule has 1 rings (SSSR count). The molecule has 0 spiro atoms. The smallest absolute Gasteiger partial charge is 0.129 e. The Hall–Kier alpha value is -0.370. The highest BCUT2D eigenvalue weighted by molar-refractivity contribution is 5.75. The van der Waals surface area contributed by atoms with Gasteiger partial charge < -0.3 is 9.69 Å². The molecule has 0 N–H and O–H groups in total. The molecule has 1 saturated carbocycles. The van der Waals surface area contributed by atoms with Crippen LogP contribution in [0, 0.1) is 5.92 Å². The Kier molecular flexibility index (Phi) is 6.04. The zero-order valence-corrected chi connectivity index (χ0v) is 11.2. The van der Waals surface area contributed by atoms with Crippen LogP contribution in [-0.2, 0) is 4.79 Å². The fourth-order valence-electron chi connectivity index (χ4n) is 2.03. The Balaban J connectivity index is 2.10. The standard InChI is InChI=1S/C14H27NO/c1-12(2)9-11-15(14-7-8-14)10-5-4-6-13(3)16/h12,14H,4-11H2,1-3H3. The van der Waals surface area contributed by atoms with Gasteiger partial charge in [0.05, 0.1) is 0 Å². The largest absolute Gasteiger partial charge is 0.300 e. The van der Waals surface area contributed by atoms with E-state index in [2.05, 4.69) is 18.7 Å². The zero-order valence-electron chi connectivity index (χ0n) is 11.2. The Labute approximate surface area is 100 Å². The molecule has 0 heterocycles. The molecule has 1 aliphatic carbocycles. The minimum Gasteiger partial charge on any atom is -0.300 e. The number of Topliss-reactive ketones (excluding diaryl/α,β-unsaturated/α-hetero) is 1. The van der Waals surface area contributed by atoms with Crippen molar-refractivity contribution in [3.8, 4) is 0 Å². The van der Waals surface area contributed by atoms with Crippen LogP contribution in [0.3, 0.4) is 0 Å². The first kappa shape index (κ1) is 13.7. The monoisotopic (exact) mass is 225 g/mol. The van der Waals surface area contributed by atoms with Gasteiger partial charge in [0.15, 0.2) is 0 Å².